The first kappa shape index (κ1) is 12.4. The number of rotatable bonds is 3. The zero-order valence-electron chi connectivity index (χ0n) is 9.78. The first-order valence-corrected chi connectivity index (χ1v) is 6.20. The van der Waals surface area contributed by atoms with E-state index in [9.17, 15) is 9.59 Å². The Labute approximate surface area is 104 Å². The quantitative estimate of drug-likeness (QED) is 0.804. The second-order valence-electron chi connectivity index (χ2n) is 4.42. The third-order valence-electron chi connectivity index (χ3n) is 3.25. The molecule has 0 bridgehead atoms. The predicted molar refractivity (Wildman–Crippen MR) is 66.6 cm³/mol. The molecule has 0 saturated carbocycles. The molecule has 1 aromatic heterocycles. The molecule has 0 amide bonds. The highest BCUT2D eigenvalue weighted by Crippen LogP contribution is 2.16. The Morgan fingerprint density at radius 2 is 2.29 bits per heavy atom. The third-order valence-corrected chi connectivity index (χ3v) is 3.45. The van der Waals surface area contributed by atoms with Crippen molar-refractivity contribution in [2.45, 2.75) is 19.9 Å². The van der Waals surface area contributed by atoms with Crippen LogP contribution in [-0.2, 0) is 6.54 Å². The van der Waals surface area contributed by atoms with Gasteiger partial charge in [0.1, 0.15) is 5.15 Å². The molecule has 2 heterocycles. The average molecular weight is 258 g/mol. The fourth-order valence-electron chi connectivity index (χ4n) is 2.27. The standard InChI is InChI=1S/C11H16ClN3O2/c1-2-14-4-3-8(6-14)7-15-10(16)5-9(12)13-11(15)17/h5,8H,2-4,6-7H2,1H3,(H,13,17). The zero-order chi connectivity index (χ0) is 12.4. The van der Waals surface area contributed by atoms with Gasteiger partial charge in [0.15, 0.2) is 0 Å². The molecule has 2 rings (SSSR count). The monoisotopic (exact) mass is 257 g/mol. The van der Waals surface area contributed by atoms with Crippen molar-refractivity contribution >= 4 is 11.6 Å². The molecule has 1 aliphatic heterocycles. The summed E-state index contributed by atoms with van der Waals surface area (Å²) in [5.41, 5.74) is -0.744. The van der Waals surface area contributed by atoms with Crippen molar-refractivity contribution in [2.75, 3.05) is 19.6 Å². The molecule has 17 heavy (non-hydrogen) atoms. The predicted octanol–water partition coefficient (Wildman–Crippen LogP) is 0.532. The molecule has 1 atom stereocenters. The van der Waals surface area contributed by atoms with Crippen LogP contribution in [0.2, 0.25) is 5.15 Å². The number of hydrogen-bond acceptors (Lipinski definition) is 3. The van der Waals surface area contributed by atoms with Gasteiger partial charge in [-0.1, -0.05) is 18.5 Å². The Morgan fingerprint density at radius 3 is 2.88 bits per heavy atom. The van der Waals surface area contributed by atoms with Gasteiger partial charge in [0.2, 0.25) is 0 Å². The Hall–Kier alpha value is -1.07. The lowest BCUT2D eigenvalue weighted by Gasteiger charge is -2.13. The Kier molecular flexibility index (Phi) is 3.69. The van der Waals surface area contributed by atoms with Crippen molar-refractivity contribution in [3.8, 4) is 0 Å². The number of aromatic amines is 1. The van der Waals surface area contributed by atoms with Gasteiger partial charge >= 0.3 is 5.69 Å². The van der Waals surface area contributed by atoms with E-state index in [2.05, 4.69) is 16.8 Å². The van der Waals surface area contributed by atoms with Crippen LogP contribution in [0, 0.1) is 5.92 Å². The van der Waals surface area contributed by atoms with E-state index in [4.69, 9.17) is 11.6 Å². The molecule has 1 saturated heterocycles. The van der Waals surface area contributed by atoms with E-state index in [-0.39, 0.29) is 10.7 Å². The van der Waals surface area contributed by atoms with Gasteiger partial charge in [-0.3, -0.25) is 14.3 Å². The van der Waals surface area contributed by atoms with Crippen LogP contribution in [0.4, 0.5) is 0 Å². The highest BCUT2D eigenvalue weighted by Gasteiger charge is 2.22. The van der Waals surface area contributed by atoms with E-state index in [0.717, 1.165) is 26.1 Å². The molecule has 1 N–H and O–H groups in total. The second-order valence-corrected chi connectivity index (χ2v) is 4.83. The van der Waals surface area contributed by atoms with Crippen LogP contribution in [0.1, 0.15) is 13.3 Å². The van der Waals surface area contributed by atoms with Crippen LogP contribution in [0.5, 0.6) is 0 Å². The van der Waals surface area contributed by atoms with Gasteiger partial charge < -0.3 is 4.90 Å². The van der Waals surface area contributed by atoms with Gasteiger partial charge in [-0.15, -0.1) is 0 Å². The third kappa shape index (κ3) is 2.79. The lowest BCUT2D eigenvalue weighted by Crippen LogP contribution is -2.37. The van der Waals surface area contributed by atoms with E-state index in [1.165, 1.54) is 10.6 Å². The summed E-state index contributed by atoms with van der Waals surface area (Å²) in [6.07, 6.45) is 1.03. The Morgan fingerprint density at radius 1 is 1.53 bits per heavy atom. The highest BCUT2D eigenvalue weighted by atomic mass is 35.5. The summed E-state index contributed by atoms with van der Waals surface area (Å²) >= 11 is 5.61. The Bertz CT molecular complexity index is 477. The minimum atomic E-state index is -0.419. The van der Waals surface area contributed by atoms with Crippen molar-refractivity contribution in [1.29, 1.82) is 0 Å². The van der Waals surface area contributed by atoms with Crippen LogP contribution in [0.3, 0.4) is 0 Å². The summed E-state index contributed by atoms with van der Waals surface area (Å²) in [4.78, 5) is 28.0. The SMILES string of the molecule is CCN1CCC(Cn2c(=O)cc(Cl)[nH]c2=O)C1. The number of nitrogens with one attached hydrogen (secondary N) is 1. The minimum Gasteiger partial charge on any atom is -0.303 e. The first-order valence-electron chi connectivity index (χ1n) is 5.82. The molecule has 0 radical (unpaired) electrons. The summed E-state index contributed by atoms with van der Waals surface area (Å²) in [5, 5.41) is 0.0952. The van der Waals surface area contributed by atoms with Crippen LogP contribution < -0.4 is 11.2 Å². The van der Waals surface area contributed by atoms with Gasteiger partial charge in [0, 0.05) is 19.2 Å². The number of halogens is 1. The van der Waals surface area contributed by atoms with Crippen molar-refractivity contribution in [1.82, 2.24) is 14.5 Å². The number of aromatic nitrogens is 2. The maximum atomic E-state index is 11.6. The van der Waals surface area contributed by atoms with Gasteiger partial charge in [-0.25, -0.2) is 4.79 Å². The van der Waals surface area contributed by atoms with Gasteiger partial charge in [0.05, 0.1) is 0 Å². The van der Waals surface area contributed by atoms with Gasteiger partial charge in [-0.2, -0.15) is 0 Å². The molecule has 0 aromatic carbocycles. The van der Waals surface area contributed by atoms with Crippen LogP contribution >= 0.6 is 11.6 Å². The molecule has 1 aliphatic rings. The Balaban J connectivity index is 2.15. The maximum absolute atomic E-state index is 11.6. The first-order chi connectivity index (χ1) is 8.10. The van der Waals surface area contributed by atoms with E-state index < -0.39 is 5.69 Å². The minimum absolute atomic E-state index is 0.0952. The van der Waals surface area contributed by atoms with Crippen molar-refractivity contribution in [3.63, 3.8) is 0 Å². The van der Waals surface area contributed by atoms with E-state index >= 15 is 0 Å². The summed E-state index contributed by atoms with van der Waals surface area (Å²) in [6.45, 7) is 5.60. The van der Waals surface area contributed by atoms with Crippen molar-refractivity contribution in [2.24, 2.45) is 5.92 Å². The van der Waals surface area contributed by atoms with E-state index in [1.54, 1.807) is 0 Å². The molecule has 6 heteroatoms. The molecular weight excluding hydrogens is 242 g/mol. The summed E-state index contributed by atoms with van der Waals surface area (Å²) in [6, 6.07) is 1.25. The van der Waals surface area contributed by atoms with Gasteiger partial charge in [-0.05, 0) is 25.4 Å². The smallest absolute Gasteiger partial charge is 0.303 e. The van der Waals surface area contributed by atoms with E-state index in [0.29, 0.717) is 12.5 Å². The summed E-state index contributed by atoms with van der Waals surface area (Å²) in [7, 11) is 0. The fraction of sp³-hybridized carbons (Fsp3) is 0.636. The van der Waals surface area contributed by atoms with Crippen LogP contribution in [0.25, 0.3) is 0 Å². The number of H-pyrrole nitrogens is 1. The normalized spacial score (nSPS) is 20.9. The topological polar surface area (TPSA) is 58.1 Å². The van der Waals surface area contributed by atoms with Crippen molar-refractivity contribution in [3.05, 3.63) is 32.1 Å². The summed E-state index contributed by atoms with van der Waals surface area (Å²) in [5.74, 6) is 0.370. The lowest BCUT2D eigenvalue weighted by atomic mass is 10.1. The molecule has 0 aliphatic carbocycles. The largest absolute Gasteiger partial charge is 0.329 e. The average Bonchev–Trinajstić information content (AvgIpc) is 2.71. The second kappa shape index (κ2) is 5.06. The number of nitrogens with zero attached hydrogens (tertiary/aromatic N) is 2. The zero-order valence-corrected chi connectivity index (χ0v) is 10.5. The number of hydrogen-bond donors (Lipinski definition) is 1. The van der Waals surface area contributed by atoms with Crippen LogP contribution in [0.15, 0.2) is 15.7 Å². The number of likely N-dealkylation sites (tertiary alicyclic amines) is 1. The molecule has 1 fully saturated rings. The highest BCUT2D eigenvalue weighted by molar-refractivity contribution is 6.29. The van der Waals surface area contributed by atoms with E-state index in [1.807, 2.05) is 0 Å². The molecule has 94 valence electrons. The maximum Gasteiger partial charge on any atom is 0.329 e. The fourth-order valence-corrected chi connectivity index (χ4v) is 2.45. The van der Waals surface area contributed by atoms with Crippen molar-refractivity contribution < 1.29 is 0 Å². The molecular formula is C11H16ClN3O2. The molecule has 0 spiro atoms. The molecule has 5 nitrogen and oxygen atoms in total. The van der Waals surface area contributed by atoms with Crippen LogP contribution in [-0.4, -0.2) is 34.1 Å². The lowest BCUT2D eigenvalue weighted by molar-refractivity contribution is 0.330. The molecule has 1 unspecified atom stereocenters. The van der Waals surface area contributed by atoms with Gasteiger partial charge in [0.25, 0.3) is 5.56 Å². The summed E-state index contributed by atoms with van der Waals surface area (Å²) < 4.78 is 1.23. The molecule has 1 aromatic rings.